The van der Waals surface area contributed by atoms with Gasteiger partial charge in [-0.05, 0) is 17.7 Å². The molecule has 1 unspecified atom stereocenters. The van der Waals surface area contributed by atoms with E-state index in [1.807, 2.05) is 0 Å². The molecule has 0 aliphatic carbocycles. The quantitative estimate of drug-likeness (QED) is 0.787. The standard InChI is InChI=1S/C12H10FNO2S/c1-16-12(15)10(11-14-6-7-17-11)8-2-4-9(13)5-3-8/h2-7,10H,1H3. The van der Waals surface area contributed by atoms with Gasteiger partial charge in [0.15, 0.2) is 0 Å². The molecule has 1 aromatic carbocycles. The third kappa shape index (κ3) is 2.50. The number of ether oxygens (including phenoxy) is 1. The van der Waals surface area contributed by atoms with Crippen molar-refractivity contribution in [3.05, 3.63) is 52.2 Å². The van der Waals surface area contributed by atoms with E-state index in [4.69, 9.17) is 4.74 Å². The monoisotopic (exact) mass is 251 g/mol. The number of rotatable bonds is 3. The van der Waals surface area contributed by atoms with Crippen molar-refractivity contribution in [2.24, 2.45) is 0 Å². The van der Waals surface area contributed by atoms with E-state index in [2.05, 4.69) is 4.98 Å². The number of carbonyl (C=O) groups is 1. The Morgan fingerprint density at radius 1 is 1.41 bits per heavy atom. The number of esters is 1. The van der Waals surface area contributed by atoms with Crippen LogP contribution in [0, 0.1) is 5.82 Å². The summed E-state index contributed by atoms with van der Waals surface area (Å²) in [7, 11) is 1.33. The van der Waals surface area contributed by atoms with Gasteiger partial charge in [-0.3, -0.25) is 4.79 Å². The minimum absolute atomic E-state index is 0.337. The zero-order chi connectivity index (χ0) is 12.3. The molecule has 88 valence electrons. The smallest absolute Gasteiger partial charge is 0.320 e. The molecule has 1 atom stereocenters. The molecule has 2 rings (SSSR count). The van der Waals surface area contributed by atoms with Gasteiger partial charge in [0.2, 0.25) is 0 Å². The Morgan fingerprint density at radius 2 is 2.12 bits per heavy atom. The summed E-state index contributed by atoms with van der Waals surface area (Å²) >= 11 is 1.37. The van der Waals surface area contributed by atoms with Crippen LogP contribution in [-0.4, -0.2) is 18.1 Å². The highest BCUT2D eigenvalue weighted by atomic mass is 32.1. The normalized spacial score (nSPS) is 12.1. The van der Waals surface area contributed by atoms with Crippen molar-refractivity contribution in [1.29, 1.82) is 0 Å². The number of carbonyl (C=O) groups excluding carboxylic acids is 1. The van der Waals surface area contributed by atoms with Crippen molar-refractivity contribution in [3.8, 4) is 0 Å². The van der Waals surface area contributed by atoms with Crippen LogP contribution < -0.4 is 0 Å². The van der Waals surface area contributed by atoms with Crippen molar-refractivity contribution in [2.75, 3.05) is 7.11 Å². The van der Waals surface area contributed by atoms with Gasteiger partial charge in [-0.2, -0.15) is 0 Å². The third-order valence-electron chi connectivity index (χ3n) is 2.34. The van der Waals surface area contributed by atoms with E-state index in [0.29, 0.717) is 10.6 Å². The summed E-state index contributed by atoms with van der Waals surface area (Å²) < 4.78 is 17.6. The molecule has 0 saturated carbocycles. The van der Waals surface area contributed by atoms with Crippen LogP contribution in [0.3, 0.4) is 0 Å². The van der Waals surface area contributed by atoms with Crippen LogP contribution in [0.2, 0.25) is 0 Å². The molecule has 3 nitrogen and oxygen atoms in total. The first-order chi connectivity index (χ1) is 8.22. The Labute approximate surface area is 102 Å². The van der Waals surface area contributed by atoms with Gasteiger partial charge in [0.1, 0.15) is 16.7 Å². The van der Waals surface area contributed by atoms with Gasteiger partial charge in [0, 0.05) is 11.6 Å². The predicted molar refractivity (Wildman–Crippen MR) is 62.4 cm³/mol. The second-order valence-electron chi connectivity index (χ2n) is 3.38. The lowest BCUT2D eigenvalue weighted by molar-refractivity contribution is -0.141. The van der Waals surface area contributed by atoms with E-state index in [0.717, 1.165) is 0 Å². The lowest BCUT2D eigenvalue weighted by Gasteiger charge is -2.12. The molecule has 0 spiro atoms. The molecule has 0 aliphatic rings. The summed E-state index contributed by atoms with van der Waals surface area (Å²) in [6.45, 7) is 0. The van der Waals surface area contributed by atoms with Crippen LogP contribution in [-0.2, 0) is 9.53 Å². The maximum absolute atomic E-state index is 12.8. The van der Waals surface area contributed by atoms with Gasteiger partial charge in [0.05, 0.1) is 7.11 Å². The molecular weight excluding hydrogens is 241 g/mol. The molecule has 1 aromatic heterocycles. The van der Waals surface area contributed by atoms with Gasteiger partial charge in [-0.25, -0.2) is 9.37 Å². The van der Waals surface area contributed by atoms with Gasteiger partial charge < -0.3 is 4.74 Å². The Bertz CT molecular complexity index is 496. The van der Waals surface area contributed by atoms with E-state index in [1.54, 1.807) is 23.7 Å². The number of benzene rings is 1. The average Bonchev–Trinajstić information content (AvgIpc) is 2.85. The summed E-state index contributed by atoms with van der Waals surface area (Å²) in [5, 5.41) is 2.43. The van der Waals surface area contributed by atoms with Crippen molar-refractivity contribution in [3.63, 3.8) is 0 Å². The maximum Gasteiger partial charge on any atom is 0.320 e. The predicted octanol–water partition coefficient (Wildman–Crippen LogP) is 2.59. The van der Waals surface area contributed by atoms with Crippen molar-refractivity contribution in [1.82, 2.24) is 4.98 Å². The zero-order valence-corrected chi connectivity index (χ0v) is 9.91. The fraction of sp³-hybridized carbons (Fsp3) is 0.167. The highest BCUT2D eigenvalue weighted by molar-refractivity contribution is 7.09. The van der Waals surface area contributed by atoms with E-state index in [9.17, 15) is 9.18 Å². The molecule has 5 heteroatoms. The number of nitrogens with zero attached hydrogens (tertiary/aromatic N) is 1. The molecule has 0 aliphatic heterocycles. The molecule has 17 heavy (non-hydrogen) atoms. The van der Waals surface area contributed by atoms with E-state index in [1.165, 1.54) is 30.6 Å². The molecule has 2 aromatic rings. The van der Waals surface area contributed by atoms with Crippen molar-refractivity contribution >= 4 is 17.3 Å². The lowest BCUT2D eigenvalue weighted by Crippen LogP contribution is -2.15. The van der Waals surface area contributed by atoms with E-state index in [-0.39, 0.29) is 5.82 Å². The summed E-state index contributed by atoms with van der Waals surface area (Å²) in [5.41, 5.74) is 0.674. The average molecular weight is 251 g/mol. The molecule has 0 fully saturated rings. The molecule has 0 saturated heterocycles. The number of halogens is 1. The van der Waals surface area contributed by atoms with E-state index < -0.39 is 11.9 Å². The molecule has 0 amide bonds. The molecule has 0 N–H and O–H groups in total. The van der Waals surface area contributed by atoms with Crippen LogP contribution >= 0.6 is 11.3 Å². The van der Waals surface area contributed by atoms with Crippen LogP contribution in [0.4, 0.5) is 4.39 Å². The Kier molecular flexibility index (Phi) is 3.49. The summed E-state index contributed by atoms with van der Waals surface area (Å²) in [6, 6.07) is 5.77. The van der Waals surface area contributed by atoms with Crippen LogP contribution in [0.5, 0.6) is 0 Å². The zero-order valence-electron chi connectivity index (χ0n) is 9.09. The number of hydrogen-bond acceptors (Lipinski definition) is 4. The second kappa shape index (κ2) is 5.05. The van der Waals surface area contributed by atoms with Crippen molar-refractivity contribution in [2.45, 2.75) is 5.92 Å². The largest absolute Gasteiger partial charge is 0.468 e. The summed E-state index contributed by atoms with van der Waals surface area (Å²) in [5.74, 6) is -1.32. The van der Waals surface area contributed by atoms with Gasteiger partial charge >= 0.3 is 5.97 Å². The SMILES string of the molecule is COC(=O)C(c1ccc(F)cc1)c1nccs1. The Morgan fingerprint density at radius 3 is 2.65 bits per heavy atom. The van der Waals surface area contributed by atoms with Crippen LogP contribution in [0.1, 0.15) is 16.5 Å². The fourth-order valence-electron chi connectivity index (χ4n) is 1.53. The Hall–Kier alpha value is -1.75. The first kappa shape index (κ1) is 11.7. The topological polar surface area (TPSA) is 39.2 Å². The second-order valence-corrected chi connectivity index (χ2v) is 4.30. The minimum Gasteiger partial charge on any atom is -0.468 e. The summed E-state index contributed by atoms with van der Waals surface area (Å²) in [6.07, 6.45) is 1.62. The van der Waals surface area contributed by atoms with Gasteiger partial charge in [-0.1, -0.05) is 12.1 Å². The van der Waals surface area contributed by atoms with Gasteiger partial charge in [0.25, 0.3) is 0 Å². The molecule has 0 radical (unpaired) electrons. The molecular formula is C12H10FNO2S. The lowest BCUT2D eigenvalue weighted by atomic mass is 10.00. The molecule has 0 bridgehead atoms. The Balaban J connectivity index is 2.40. The number of methoxy groups -OCH3 is 1. The highest BCUT2D eigenvalue weighted by Gasteiger charge is 2.25. The number of thiazole rings is 1. The van der Waals surface area contributed by atoms with Crippen LogP contribution in [0.25, 0.3) is 0 Å². The maximum atomic E-state index is 12.8. The van der Waals surface area contributed by atoms with Gasteiger partial charge in [-0.15, -0.1) is 11.3 Å². The highest BCUT2D eigenvalue weighted by Crippen LogP contribution is 2.27. The third-order valence-corrected chi connectivity index (χ3v) is 3.18. The minimum atomic E-state index is -0.583. The van der Waals surface area contributed by atoms with Crippen LogP contribution in [0.15, 0.2) is 35.8 Å². The molecule has 1 heterocycles. The fourth-order valence-corrected chi connectivity index (χ4v) is 2.28. The first-order valence-electron chi connectivity index (χ1n) is 4.95. The number of aromatic nitrogens is 1. The van der Waals surface area contributed by atoms with Crippen molar-refractivity contribution < 1.29 is 13.9 Å². The number of hydrogen-bond donors (Lipinski definition) is 0. The summed E-state index contributed by atoms with van der Waals surface area (Å²) in [4.78, 5) is 15.9. The van der Waals surface area contributed by atoms with E-state index >= 15 is 0 Å². The first-order valence-corrected chi connectivity index (χ1v) is 5.83.